The number of halogens is 1. The van der Waals surface area contributed by atoms with Crippen LogP contribution in [-0.4, -0.2) is 73.9 Å². The summed E-state index contributed by atoms with van der Waals surface area (Å²) in [6, 6.07) is 7.08. The second-order valence-corrected chi connectivity index (χ2v) is 9.69. The molecule has 11 heteroatoms. The number of sulfone groups is 1. The van der Waals surface area contributed by atoms with E-state index in [2.05, 4.69) is 15.0 Å². The summed E-state index contributed by atoms with van der Waals surface area (Å²) in [5.74, 6) is 0.614. The SMILES string of the molecule is COc1cc(N2CCN(C(C=O)n3ncc4c(S(C)(=O)=O)ccnc43)CC2)ccc1Cl. The van der Waals surface area contributed by atoms with Crippen LogP contribution in [0, 0.1) is 0 Å². The average Bonchev–Trinajstić information content (AvgIpc) is 3.18. The van der Waals surface area contributed by atoms with Crippen molar-refractivity contribution in [3.63, 3.8) is 0 Å². The van der Waals surface area contributed by atoms with Gasteiger partial charge in [0.2, 0.25) is 0 Å². The summed E-state index contributed by atoms with van der Waals surface area (Å²) in [5.41, 5.74) is 1.36. The van der Waals surface area contributed by atoms with Crippen LogP contribution in [0.2, 0.25) is 5.02 Å². The lowest BCUT2D eigenvalue weighted by Gasteiger charge is -2.38. The molecule has 1 atom stereocenters. The zero-order chi connectivity index (χ0) is 22.2. The van der Waals surface area contributed by atoms with Crippen molar-refractivity contribution in [1.82, 2.24) is 19.7 Å². The first-order valence-electron chi connectivity index (χ1n) is 9.63. The molecule has 0 spiro atoms. The van der Waals surface area contributed by atoms with Gasteiger partial charge in [-0.25, -0.2) is 18.1 Å². The van der Waals surface area contributed by atoms with E-state index in [1.807, 2.05) is 17.0 Å². The van der Waals surface area contributed by atoms with E-state index in [-0.39, 0.29) is 4.90 Å². The smallest absolute Gasteiger partial charge is 0.176 e. The number of hydrogen-bond donors (Lipinski definition) is 0. The van der Waals surface area contributed by atoms with Crippen molar-refractivity contribution in [2.75, 3.05) is 44.4 Å². The summed E-state index contributed by atoms with van der Waals surface area (Å²) >= 11 is 6.12. The standard InChI is InChI=1S/C20H22ClN5O4S/c1-30-17-11-14(3-4-16(17)21)24-7-9-25(10-8-24)19(13-27)26-20-15(12-23-26)18(5-6-22-20)31(2,28)29/h3-6,11-13,19H,7-10H2,1-2H3. The minimum Gasteiger partial charge on any atom is -0.495 e. The highest BCUT2D eigenvalue weighted by Crippen LogP contribution is 2.30. The molecule has 1 aromatic carbocycles. The number of nitrogens with zero attached hydrogens (tertiary/aromatic N) is 5. The van der Waals surface area contributed by atoms with Gasteiger partial charge in [0, 0.05) is 50.4 Å². The van der Waals surface area contributed by atoms with E-state index in [1.54, 1.807) is 13.2 Å². The molecule has 1 aliphatic heterocycles. The Morgan fingerprint density at radius 1 is 1.19 bits per heavy atom. The number of fused-ring (bicyclic) bond motifs is 1. The number of pyridine rings is 1. The van der Waals surface area contributed by atoms with Crippen LogP contribution in [0.4, 0.5) is 5.69 Å². The number of benzene rings is 1. The van der Waals surface area contributed by atoms with E-state index in [9.17, 15) is 13.2 Å². The van der Waals surface area contributed by atoms with Crippen molar-refractivity contribution >= 4 is 44.4 Å². The van der Waals surface area contributed by atoms with Gasteiger partial charge in [-0.05, 0) is 18.2 Å². The van der Waals surface area contributed by atoms with Crippen LogP contribution in [0.15, 0.2) is 41.6 Å². The molecule has 164 valence electrons. The Kier molecular flexibility index (Phi) is 5.87. The number of anilines is 1. The maximum Gasteiger partial charge on any atom is 0.176 e. The fourth-order valence-electron chi connectivity index (χ4n) is 3.83. The van der Waals surface area contributed by atoms with Crippen LogP contribution < -0.4 is 9.64 Å². The molecule has 4 rings (SSSR count). The number of piperazine rings is 1. The molecule has 1 fully saturated rings. The average molecular weight is 464 g/mol. The molecule has 0 aliphatic carbocycles. The Bertz CT molecular complexity index is 1220. The Morgan fingerprint density at radius 2 is 1.94 bits per heavy atom. The lowest BCUT2D eigenvalue weighted by Crippen LogP contribution is -2.49. The van der Waals surface area contributed by atoms with Gasteiger partial charge in [0.25, 0.3) is 0 Å². The van der Waals surface area contributed by atoms with Crippen molar-refractivity contribution in [2.24, 2.45) is 0 Å². The fraction of sp³-hybridized carbons (Fsp3) is 0.350. The number of aromatic nitrogens is 3. The predicted octanol–water partition coefficient (Wildman–Crippen LogP) is 2.02. The molecule has 0 radical (unpaired) electrons. The number of carbonyl (C=O) groups is 1. The molecule has 0 bridgehead atoms. The predicted molar refractivity (Wildman–Crippen MR) is 118 cm³/mol. The summed E-state index contributed by atoms with van der Waals surface area (Å²) in [5, 5.41) is 5.26. The van der Waals surface area contributed by atoms with Crippen molar-refractivity contribution < 1.29 is 17.9 Å². The number of ether oxygens (including phenoxy) is 1. The zero-order valence-electron chi connectivity index (χ0n) is 17.1. The third-order valence-corrected chi connectivity index (χ3v) is 6.88. The molecule has 2 aromatic heterocycles. The second kappa shape index (κ2) is 8.45. The molecule has 9 nitrogen and oxygen atoms in total. The molecule has 3 aromatic rings. The van der Waals surface area contributed by atoms with Gasteiger partial charge < -0.3 is 9.64 Å². The summed E-state index contributed by atoms with van der Waals surface area (Å²) in [6.07, 6.45) is 4.14. The van der Waals surface area contributed by atoms with Crippen molar-refractivity contribution in [3.8, 4) is 5.75 Å². The highest BCUT2D eigenvalue weighted by Gasteiger charge is 2.28. The molecule has 1 unspecified atom stereocenters. The van der Waals surface area contributed by atoms with Gasteiger partial charge >= 0.3 is 0 Å². The molecule has 0 amide bonds. The van der Waals surface area contributed by atoms with Gasteiger partial charge in [-0.15, -0.1) is 0 Å². The monoisotopic (exact) mass is 463 g/mol. The summed E-state index contributed by atoms with van der Waals surface area (Å²) in [7, 11) is -1.86. The quantitative estimate of drug-likeness (QED) is 0.512. The zero-order valence-corrected chi connectivity index (χ0v) is 18.7. The third-order valence-electron chi connectivity index (χ3n) is 5.42. The highest BCUT2D eigenvalue weighted by atomic mass is 35.5. The normalized spacial score (nSPS) is 16.4. The second-order valence-electron chi connectivity index (χ2n) is 7.30. The highest BCUT2D eigenvalue weighted by molar-refractivity contribution is 7.91. The van der Waals surface area contributed by atoms with Crippen LogP contribution >= 0.6 is 11.6 Å². The molecule has 31 heavy (non-hydrogen) atoms. The lowest BCUT2D eigenvalue weighted by atomic mass is 10.2. The summed E-state index contributed by atoms with van der Waals surface area (Å²) < 4.78 is 30.9. The first-order chi connectivity index (χ1) is 14.8. The van der Waals surface area contributed by atoms with E-state index in [0.29, 0.717) is 48.0 Å². The molecule has 0 N–H and O–H groups in total. The first-order valence-corrected chi connectivity index (χ1v) is 11.9. The molecule has 1 saturated heterocycles. The van der Waals surface area contributed by atoms with Gasteiger partial charge in [-0.2, -0.15) is 5.10 Å². The number of hydrogen-bond acceptors (Lipinski definition) is 8. The van der Waals surface area contributed by atoms with Crippen LogP contribution in [0.5, 0.6) is 5.75 Å². The maximum atomic E-state index is 12.1. The minimum atomic E-state index is -3.44. The number of aldehydes is 1. The third kappa shape index (κ3) is 4.10. The van der Waals surface area contributed by atoms with Gasteiger partial charge in [-0.3, -0.25) is 9.69 Å². The van der Waals surface area contributed by atoms with E-state index >= 15 is 0 Å². The number of rotatable bonds is 6. The molecular formula is C20H22ClN5O4S. The van der Waals surface area contributed by atoms with Crippen LogP contribution in [0.3, 0.4) is 0 Å². The van der Waals surface area contributed by atoms with Crippen LogP contribution in [0.25, 0.3) is 11.0 Å². The molecule has 3 heterocycles. The fourth-order valence-corrected chi connectivity index (χ4v) is 4.87. The van der Waals surface area contributed by atoms with Crippen molar-refractivity contribution in [2.45, 2.75) is 11.1 Å². The maximum absolute atomic E-state index is 12.1. The van der Waals surface area contributed by atoms with Gasteiger partial charge in [0.1, 0.15) is 5.75 Å². The van der Waals surface area contributed by atoms with Gasteiger partial charge in [0.05, 0.1) is 28.6 Å². The number of carbonyl (C=O) groups excluding carboxylic acids is 1. The Hall–Kier alpha value is -2.69. The van der Waals surface area contributed by atoms with Crippen molar-refractivity contribution in [1.29, 1.82) is 0 Å². The van der Waals surface area contributed by atoms with Crippen molar-refractivity contribution in [3.05, 3.63) is 41.7 Å². The molecule has 0 saturated carbocycles. The van der Waals surface area contributed by atoms with E-state index in [4.69, 9.17) is 16.3 Å². The summed E-state index contributed by atoms with van der Waals surface area (Å²) in [4.78, 5) is 20.6. The van der Waals surface area contributed by atoms with Gasteiger partial charge in [-0.1, -0.05) is 11.6 Å². The lowest BCUT2D eigenvalue weighted by molar-refractivity contribution is -0.115. The number of methoxy groups -OCH3 is 1. The van der Waals surface area contributed by atoms with E-state index < -0.39 is 16.0 Å². The topological polar surface area (TPSA) is 97.6 Å². The molecule has 1 aliphatic rings. The first kappa shape index (κ1) is 21.5. The van der Waals surface area contributed by atoms with E-state index in [1.165, 1.54) is 23.1 Å². The molecular weight excluding hydrogens is 442 g/mol. The van der Waals surface area contributed by atoms with Crippen LogP contribution in [-0.2, 0) is 14.6 Å². The minimum absolute atomic E-state index is 0.148. The Morgan fingerprint density at radius 3 is 2.58 bits per heavy atom. The van der Waals surface area contributed by atoms with E-state index in [0.717, 1.165) is 18.2 Å². The Labute approximate surface area is 185 Å². The Balaban J connectivity index is 1.56. The largest absolute Gasteiger partial charge is 0.495 e. The van der Waals surface area contributed by atoms with Gasteiger partial charge in [0.15, 0.2) is 27.9 Å². The van der Waals surface area contributed by atoms with Crippen LogP contribution in [0.1, 0.15) is 6.17 Å². The summed E-state index contributed by atoms with van der Waals surface area (Å²) in [6.45, 7) is 2.61.